The van der Waals surface area contributed by atoms with Gasteiger partial charge in [-0.25, -0.2) is 4.79 Å². The van der Waals surface area contributed by atoms with E-state index in [9.17, 15) is 4.79 Å². The number of hydrogen-bond donors (Lipinski definition) is 0. The fraction of sp³-hybridized carbons (Fsp3) is 0.600. The average Bonchev–Trinajstić information content (AvgIpc) is 2.83. The summed E-state index contributed by atoms with van der Waals surface area (Å²) in [6.45, 7) is 0. The minimum Gasteiger partial charge on any atom is -0.465 e. The summed E-state index contributed by atoms with van der Waals surface area (Å²) in [7, 11) is 1.32. The van der Waals surface area contributed by atoms with Crippen LogP contribution < -0.4 is 0 Å². The minimum atomic E-state index is -0.468. The molecule has 0 bridgehead atoms. The van der Waals surface area contributed by atoms with Gasteiger partial charge >= 0.3 is 5.97 Å². The van der Waals surface area contributed by atoms with E-state index < -0.39 is 5.97 Å². The number of allylic oxidation sites excluding steroid dienone is 1. The highest BCUT2D eigenvalue weighted by Crippen LogP contribution is 2.55. The average molecular weight is 177 g/mol. The molecule has 3 heteroatoms. The molecule has 68 valence electrons. The molecule has 2 atom stereocenters. The third kappa shape index (κ3) is 1.23. The summed E-state index contributed by atoms with van der Waals surface area (Å²) in [6.07, 6.45) is 3.22. The number of rotatable bonds is 1. The van der Waals surface area contributed by atoms with Gasteiger partial charge in [-0.15, -0.1) is 0 Å². The molecule has 3 nitrogen and oxygen atoms in total. The molecule has 0 aromatic rings. The molecular weight excluding hydrogens is 166 g/mol. The van der Waals surface area contributed by atoms with Gasteiger partial charge in [0.2, 0.25) is 0 Å². The molecule has 0 N–H and O–H groups in total. The van der Waals surface area contributed by atoms with Gasteiger partial charge in [-0.2, -0.15) is 5.26 Å². The summed E-state index contributed by atoms with van der Waals surface area (Å²) >= 11 is 0. The maximum absolute atomic E-state index is 11.2. The Morgan fingerprint density at radius 1 is 1.69 bits per heavy atom. The van der Waals surface area contributed by atoms with Gasteiger partial charge in [0.1, 0.15) is 11.6 Å². The first-order valence-electron chi connectivity index (χ1n) is 4.49. The molecular formula is C10H11NO2. The normalized spacial score (nSPS) is 33.2. The summed E-state index contributed by atoms with van der Waals surface area (Å²) in [5, 5.41) is 8.82. The second-order valence-electron chi connectivity index (χ2n) is 3.64. The van der Waals surface area contributed by atoms with Crippen molar-refractivity contribution in [1.29, 1.82) is 5.26 Å². The molecule has 2 rings (SSSR count). The molecule has 13 heavy (non-hydrogen) atoms. The zero-order valence-corrected chi connectivity index (χ0v) is 7.54. The molecule has 2 fully saturated rings. The smallest absolute Gasteiger partial charge is 0.348 e. The molecule has 2 aliphatic carbocycles. The Labute approximate surface area is 77.0 Å². The second kappa shape index (κ2) is 2.88. The van der Waals surface area contributed by atoms with Gasteiger partial charge < -0.3 is 4.74 Å². The summed E-state index contributed by atoms with van der Waals surface area (Å²) in [5.41, 5.74) is 1.30. The molecule has 2 unspecified atom stereocenters. The lowest BCUT2D eigenvalue weighted by Gasteiger charge is -2.02. The van der Waals surface area contributed by atoms with E-state index in [1.807, 2.05) is 6.07 Å². The van der Waals surface area contributed by atoms with E-state index in [0.717, 1.165) is 30.8 Å². The largest absolute Gasteiger partial charge is 0.465 e. The number of carbonyl (C=O) groups is 1. The van der Waals surface area contributed by atoms with Crippen LogP contribution in [0.2, 0.25) is 0 Å². The third-order valence-corrected chi connectivity index (χ3v) is 2.98. The van der Waals surface area contributed by atoms with Crippen molar-refractivity contribution in [3.05, 3.63) is 11.1 Å². The Morgan fingerprint density at radius 2 is 2.46 bits per heavy atom. The first kappa shape index (κ1) is 8.31. The molecule has 0 radical (unpaired) electrons. The van der Waals surface area contributed by atoms with Crippen LogP contribution in [0.5, 0.6) is 0 Å². The SMILES string of the molecule is COC(=O)/C(C#N)=C1/CCC2CC12. The lowest BCUT2D eigenvalue weighted by atomic mass is 10.0. The van der Waals surface area contributed by atoms with Crippen LogP contribution in [0.15, 0.2) is 11.1 Å². The first-order valence-corrected chi connectivity index (χ1v) is 4.49. The van der Waals surface area contributed by atoms with Crippen LogP contribution in [0.25, 0.3) is 0 Å². The molecule has 0 aromatic heterocycles. The van der Waals surface area contributed by atoms with Gasteiger partial charge in [-0.05, 0) is 36.7 Å². The van der Waals surface area contributed by atoms with Crippen molar-refractivity contribution in [3.63, 3.8) is 0 Å². The number of nitriles is 1. The highest BCUT2D eigenvalue weighted by atomic mass is 16.5. The van der Waals surface area contributed by atoms with Crippen molar-refractivity contribution in [2.75, 3.05) is 7.11 Å². The number of esters is 1. The van der Waals surface area contributed by atoms with E-state index in [0.29, 0.717) is 5.92 Å². The number of hydrogen-bond acceptors (Lipinski definition) is 3. The van der Waals surface area contributed by atoms with Crippen LogP contribution in [-0.4, -0.2) is 13.1 Å². The van der Waals surface area contributed by atoms with E-state index >= 15 is 0 Å². The predicted octanol–water partition coefficient (Wildman–Crippen LogP) is 1.41. The van der Waals surface area contributed by atoms with Gasteiger partial charge in [0, 0.05) is 0 Å². The summed E-state index contributed by atoms with van der Waals surface area (Å²) < 4.78 is 4.56. The van der Waals surface area contributed by atoms with Gasteiger partial charge in [0.05, 0.1) is 7.11 Å². The van der Waals surface area contributed by atoms with Crippen molar-refractivity contribution in [1.82, 2.24) is 0 Å². The van der Waals surface area contributed by atoms with Crippen LogP contribution in [0.1, 0.15) is 19.3 Å². The fourth-order valence-electron chi connectivity index (χ4n) is 2.18. The molecule has 0 heterocycles. The number of nitrogens with zero attached hydrogens (tertiary/aromatic N) is 1. The zero-order valence-electron chi connectivity index (χ0n) is 7.54. The van der Waals surface area contributed by atoms with E-state index in [4.69, 9.17) is 5.26 Å². The maximum Gasteiger partial charge on any atom is 0.348 e. The van der Waals surface area contributed by atoms with E-state index in [1.165, 1.54) is 7.11 Å². The zero-order chi connectivity index (χ0) is 9.42. The van der Waals surface area contributed by atoms with Gasteiger partial charge in [0.25, 0.3) is 0 Å². The molecule has 2 saturated carbocycles. The predicted molar refractivity (Wildman–Crippen MR) is 45.5 cm³/mol. The molecule has 0 aliphatic heterocycles. The number of ether oxygens (including phenoxy) is 1. The quantitative estimate of drug-likeness (QED) is 0.345. The minimum absolute atomic E-state index is 0.257. The van der Waals surface area contributed by atoms with E-state index in [-0.39, 0.29) is 5.57 Å². The Hall–Kier alpha value is -1.30. The number of carbonyl (C=O) groups excluding carboxylic acids is 1. The molecule has 0 spiro atoms. The van der Waals surface area contributed by atoms with Crippen LogP contribution in [0.4, 0.5) is 0 Å². The third-order valence-electron chi connectivity index (χ3n) is 2.98. The van der Waals surface area contributed by atoms with Gasteiger partial charge in [-0.3, -0.25) is 0 Å². The number of methoxy groups -OCH3 is 1. The Bertz CT molecular complexity index is 324. The maximum atomic E-state index is 11.2. The van der Waals surface area contributed by atoms with Crippen molar-refractivity contribution in [2.45, 2.75) is 19.3 Å². The first-order chi connectivity index (χ1) is 6.27. The second-order valence-corrected chi connectivity index (χ2v) is 3.64. The van der Waals surface area contributed by atoms with Gasteiger partial charge in [-0.1, -0.05) is 0 Å². The lowest BCUT2D eigenvalue weighted by Crippen LogP contribution is -2.06. The lowest BCUT2D eigenvalue weighted by molar-refractivity contribution is -0.135. The highest BCUT2D eigenvalue weighted by molar-refractivity contribution is 5.93. The topological polar surface area (TPSA) is 50.1 Å². The summed E-state index contributed by atoms with van der Waals surface area (Å²) in [5.74, 6) is 0.807. The number of fused-ring (bicyclic) bond motifs is 1. The van der Waals surface area contributed by atoms with E-state index in [1.54, 1.807) is 0 Å². The van der Waals surface area contributed by atoms with E-state index in [2.05, 4.69) is 4.74 Å². The fourth-order valence-corrected chi connectivity index (χ4v) is 2.18. The highest BCUT2D eigenvalue weighted by Gasteiger charge is 2.46. The molecule has 2 aliphatic rings. The van der Waals surface area contributed by atoms with Crippen molar-refractivity contribution in [2.24, 2.45) is 11.8 Å². The molecule has 0 aromatic carbocycles. The standard InChI is InChI=1S/C10H11NO2/c1-13-10(12)9(5-11)7-3-2-6-4-8(6)7/h6,8H,2-4H2,1H3/b9-7-. The van der Waals surface area contributed by atoms with Crippen LogP contribution >= 0.6 is 0 Å². The van der Waals surface area contributed by atoms with Gasteiger partial charge in [0.15, 0.2) is 0 Å². The van der Waals surface area contributed by atoms with Crippen molar-refractivity contribution < 1.29 is 9.53 Å². The molecule has 0 saturated heterocycles. The van der Waals surface area contributed by atoms with Crippen LogP contribution in [0.3, 0.4) is 0 Å². The Balaban J connectivity index is 2.29. The Kier molecular flexibility index (Phi) is 1.84. The Morgan fingerprint density at radius 3 is 2.85 bits per heavy atom. The van der Waals surface area contributed by atoms with Crippen molar-refractivity contribution >= 4 is 5.97 Å². The monoisotopic (exact) mass is 177 g/mol. The summed E-state index contributed by atoms with van der Waals surface area (Å²) in [6, 6.07) is 1.96. The van der Waals surface area contributed by atoms with Crippen LogP contribution in [-0.2, 0) is 9.53 Å². The molecule has 0 amide bonds. The van der Waals surface area contributed by atoms with Crippen LogP contribution in [0, 0.1) is 23.2 Å². The van der Waals surface area contributed by atoms with Crippen molar-refractivity contribution in [3.8, 4) is 6.07 Å². The summed E-state index contributed by atoms with van der Waals surface area (Å²) in [4.78, 5) is 11.2.